The van der Waals surface area contributed by atoms with Crippen LogP contribution in [0.1, 0.15) is 29.3 Å². The van der Waals surface area contributed by atoms with Gasteiger partial charge in [0.15, 0.2) is 5.78 Å². The fourth-order valence-electron chi connectivity index (χ4n) is 1.40. The number of carbonyl (C=O) groups is 2. The molecule has 0 heterocycles. The minimum atomic E-state index is -0.134. The molecule has 4 heteroatoms. The largest absolute Gasteiger partial charge is 0.398 e. The number of hydrogen-bond donors (Lipinski definition) is 2. The quantitative estimate of drug-likeness (QED) is 0.593. The number of Topliss-reactive ketones (excluding diaryl/α,β-unsaturated/α-hetero) is 1. The molecule has 1 rings (SSSR count). The van der Waals surface area contributed by atoms with Crippen LogP contribution in [0.3, 0.4) is 0 Å². The van der Waals surface area contributed by atoms with E-state index < -0.39 is 0 Å². The normalized spacial score (nSPS) is 9.88. The second-order valence-electron chi connectivity index (χ2n) is 3.75. The van der Waals surface area contributed by atoms with E-state index in [0.717, 1.165) is 5.56 Å². The van der Waals surface area contributed by atoms with E-state index in [9.17, 15) is 9.59 Å². The Morgan fingerprint density at radius 1 is 1.38 bits per heavy atom. The fourth-order valence-corrected chi connectivity index (χ4v) is 1.40. The Hall–Kier alpha value is -1.84. The Balaban J connectivity index is 2.65. The Bertz CT molecular complexity index is 413. The lowest BCUT2D eigenvalue weighted by Crippen LogP contribution is -2.23. The highest BCUT2D eigenvalue weighted by Gasteiger charge is 2.09. The van der Waals surface area contributed by atoms with Gasteiger partial charge in [-0.3, -0.25) is 9.59 Å². The van der Waals surface area contributed by atoms with E-state index in [4.69, 9.17) is 5.73 Å². The summed E-state index contributed by atoms with van der Waals surface area (Å²) in [5, 5.41) is 2.58. The summed E-state index contributed by atoms with van der Waals surface area (Å²) in [5.74, 6) is -0.181. The molecule has 0 radical (unpaired) electrons. The van der Waals surface area contributed by atoms with Gasteiger partial charge in [-0.2, -0.15) is 0 Å². The van der Waals surface area contributed by atoms with E-state index in [2.05, 4.69) is 5.32 Å². The number of nitrogen functional groups attached to an aromatic ring is 1. The monoisotopic (exact) mass is 220 g/mol. The third-order valence-electron chi connectivity index (χ3n) is 2.24. The summed E-state index contributed by atoms with van der Waals surface area (Å²) in [6, 6.07) is 5.35. The Kier molecular flexibility index (Phi) is 4.05. The van der Waals surface area contributed by atoms with Gasteiger partial charge in [-0.05, 0) is 19.1 Å². The lowest BCUT2D eigenvalue weighted by molar-refractivity contribution is -0.118. The summed E-state index contributed by atoms with van der Waals surface area (Å²) < 4.78 is 0. The average molecular weight is 220 g/mol. The molecule has 1 aromatic rings. The van der Waals surface area contributed by atoms with Crippen LogP contribution < -0.4 is 11.1 Å². The van der Waals surface area contributed by atoms with Crippen molar-refractivity contribution < 1.29 is 9.59 Å². The van der Waals surface area contributed by atoms with Gasteiger partial charge < -0.3 is 11.1 Å². The Morgan fingerprint density at radius 2 is 2.06 bits per heavy atom. The first-order chi connectivity index (χ1) is 7.50. The van der Waals surface area contributed by atoms with Gasteiger partial charge in [-0.15, -0.1) is 0 Å². The van der Waals surface area contributed by atoms with Crippen LogP contribution in [-0.2, 0) is 4.79 Å². The molecule has 0 aliphatic heterocycles. The van der Waals surface area contributed by atoms with Crippen molar-refractivity contribution in [1.29, 1.82) is 0 Å². The first kappa shape index (κ1) is 12.2. The van der Waals surface area contributed by atoms with Gasteiger partial charge in [-0.1, -0.05) is 11.6 Å². The van der Waals surface area contributed by atoms with E-state index in [-0.39, 0.29) is 18.1 Å². The molecule has 0 aromatic heterocycles. The van der Waals surface area contributed by atoms with Gasteiger partial charge >= 0.3 is 0 Å². The van der Waals surface area contributed by atoms with Crippen molar-refractivity contribution >= 4 is 17.4 Å². The molecule has 0 saturated heterocycles. The molecule has 0 spiro atoms. The van der Waals surface area contributed by atoms with Gasteiger partial charge in [0.25, 0.3) is 0 Å². The van der Waals surface area contributed by atoms with Crippen molar-refractivity contribution in [2.24, 2.45) is 0 Å². The summed E-state index contributed by atoms with van der Waals surface area (Å²) in [6.07, 6.45) is 0.271. The summed E-state index contributed by atoms with van der Waals surface area (Å²) in [4.78, 5) is 22.4. The van der Waals surface area contributed by atoms with E-state index in [1.807, 2.05) is 13.0 Å². The molecule has 3 N–H and O–H groups in total. The zero-order valence-corrected chi connectivity index (χ0v) is 9.54. The van der Waals surface area contributed by atoms with E-state index >= 15 is 0 Å². The lowest BCUT2D eigenvalue weighted by atomic mass is 10.0. The molecule has 0 bridgehead atoms. The van der Waals surface area contributed by atoms with E-state index in [0.29, 0.717) is 17.8 Å². The van der Waals surface area contributed by atoms with E-state index in [1.165, 1.54) is 6.92 Å². The highest BCUT2D eigenvalue weighted by atomic mass is 16.1. The number of aryl methyl sites for hydroxylation is 1. The number of nitrogens with one attached hydrogen (secondary N) is 1. The van der Waals surface area contributed by atoms with Crippen LogP contribution in [0.25, 0.3) is 0 Å². The number of ketones is 1. The molecule has 1 amide bonds. The van der Waals surface area contributed by atoms with E-state index in [1.54, 1.807) is 12.1 Å². The van der Waals surface area contributed by atoms with Crippen LogP contribution in [0.2, 0.25) is 0 Å². The molecule has 0 atom stereocenters. The van der Waals surface area contributed by atoms with Crippen molar-refractivity contribution in [3.05, 3.63) is 29.3 Å². The first-order valence-electron chi connectivity index (χ1n) is 5.14. The SMILES string of the molecule is CC(=O)NCCC(=O)c1cc(C)ccc1N. The Morgan fingerprint density at radius 3 is 2.69 bits per heavy atom. The van der Waals surface area contributed by atoms with Crippen LogP contribution in [0.15, 0.2) is 18.2 Å². The molecule has 0 unspecified atom stereocenters. The predicted molar refractivity (Wildman–Crippen MR) is 63.2 cm³/mol. The summed E-state index contributed by atoms with van der Waals surface area (Å²) in [6.45, 7) is 3.68. The summed E-state index contributed by atoms with van der Waals surface area (Å²) in [7, 11) is 0. The van der Waals surface area contributed by atoms with Crippen molar-refractivity contribution in [3.8, 4) is 0 Å². The van der Waals surface area contributed by atoms with Crippen molar-refractivity contribution in [2.75, 3.05) is 12.3 Å². The van der Waals surface area contributed by atoms with Crippen LogP contribution >= 0.6 is 0 Å². The molecule has 0 fully saturated rings. The average Bonchev–Trinajstić information content (AvgIpc) is 2.21. The number of nitrogens with two attached hydrogens (primary N) is 1. The number of benzene rings is 1. The molecule has 0 aliphatic rings. The lowest BCUT2D eigenvalue weighted by Gasteiger charge is -2.06. The van der Waals surface area contributed by atoms with Crippen LogP contribution in [-0.4, -0.2) is 18.2 Å². The molecule has 0 saturated carbocycles. The van der Waals surface area contributed by atoms with Crippen molar-refractivity contribution in [3.63, 3.8) is 0 Å². The predicted octanol–water partition coefficient (Wildman–Crippen LogP) is 1.29. The van der Waals surface area contributed by atoms with Crippen molar-refractivity contribution in [2.45, 2.75) is 20.3 Å². The molecule has 4 nitrogen and oxygen atoms in total. The number of hydrogen-bond acceptors (Lipinski definition) is 3. The molecule has 16 heavy (non-hydrogen) atoms. The number of rotatable bonds is 4. The number of amides is 1. The highest BCUT2D eigenvalue weighted by molar-refractivity contribution is 6.01. The third-order valence-corrected chi connectivity index (χ3v) is 2.24. The minimum Gasteiger partial charge on any atom is -0.398 e. The van der Waals surface area contributed by atoms with Crippen LogP contribution in [0.5, 0.6) is 0 Å². The summed E-state index contributed by atoms with van der Waals surface area (Å²) >= 11 is 0. The zero-order chi connectivity index (χ0) is 12.1. The van der Waals surface area contributed by atoms with Crippen LogP contribution in [0, 0.1) is 6.92 Å². The van der Waals surface area contributed by atoms with Crippen LogP contribution in [0.4, 0.5) is 5.69 Å². The van der Waals surface area contributed by atoms with Gasteiger partial charge in [0.05, 0.1) is 0 Å². The molecular formula is C12H16N2O2. The number of anilines is 1. The summed E-state index contributed by atoms with van der Waals surface area (Å²) in [5.41, 5.74) is 7.73. The standard InChI is InChI=1S/C12H16N2O2/c1-8-3-4-11(13)10(7-8)12(16)5-6-14-9(2)15/h3-4,7H,5-6,13H2,1-2H3,(H,14,15). The van der Waals surface area contributed by atoms with Crippen molar-refractivity contribution in [1.82, 2.24) is 5.32 Å². The van der Waals surface area contributed by atoms with Gasteiger partial charge in [-0.25, -0.2) is 0 Å². The second kappa shape index (κ2) is 5.30. The van der Waals surface area contributed by atoms with Gasteiger partial charge in [0.2, 0.25) is 5.91 Å². The zero-order valence-electron chi connectivity index (χ0n) is 9.54. The maximum absolute atomic E-state index is 11.8. The molecular weight excluding hydrogens is 204 g/mol. The maximum Gasteiger partial charge on any atom is 0.216 e. The first-order valence-corrected chi connectivity index (χ1v) is 5.14. The highest BCUT2D eigenvalue weighted by Crippen LogP contribution is 2.15. The van der Waals surface area contributed by atoms with Gasteiger partial charge in [0.1, 0.15) is 0 Å². The molecule has 0 aliphatic carbocycles. The van der Waals surface area contributed by atoms with Gasteiger partial charge in [0, 0.05) is 31.1 Å². The second-order valence-corrected chi connectivity index (χ2v) is 3.75. The molecule has 86 valence electrons. The smallest absolute Gasteiger partial charge is 0.216 e. The Labute approximate surface area is 94.8 Å². The third kappa shape index (κ3) is 3.38. The maximum atomic E-state index is 11.8. The topological polar surface area (TPSA) is 72.2 Å². The molecule has 1 aromatic carbocycles. The number of carbonyl (C=O) groups excluding carboxylic acids is 2. The minimum absolute atomic E-state index is 0.0463. The fraction of sp³-hybridized carbons (Fsp3) is 0.333.